The Morgan fingerprint density at radius 3 is 2.10 bits per heavy atom. The van der Waals surface area contributed by atoms with Gasteiger partial charge in [-0.05, 0) is 6.08 Å². The zero-order chi connectivity index (χ0) is 8.36. The Kier molecular flexibility index (Phi) is 2.59. The van der Waals surface area contributed by atoms with E-state index < -0.39 is 15.9 Å². The summed E-state index contributed by atoms with van der Waals surface area (Å²) in [5.74, 6) is -0.623. The normalized spacial score (nSPS) is 10.6. The molecule has 1 amide bonds. The average Bonchev–Trinajstić information content (AvgIpc) is 1.83. The number of hydrogen-bond donors (Lipinski definition) is 0. The van der Waals surface area contributed by atoms with Crippen molar-refractivity contribution in [3.8, 4) is 0 Å². The van der Waals surface area contributed by atoms with Crippen molar-refractivity contribution >= 4 is 15.9 Å². The Morgan fingerprint density at radius 1 is 1.60 bits per heavy atom. The van der Waals surface area contributed by atoms with Gasteiger partial charge >= 0.3 is 0 Å². The van der Waals surface area contributed by atoms with Gasteiger partial charge in [-0.1, -0.05) is 6.58 Å². The van der Waals surface area contributed by atoms with Crippen LogP contribution in [-0.2, 0) is 14.8 Å². The number of hydrogen-bond acceptors (Lipinski definition) is 3. The molecule has 0 N–H and O–H groups in total. The van der Waals surface area contributed by atoms with Crippen LogP contribution in [0.25, 0.3) is 0 Å². The van der Waals surface area contributed by atoms with Gasteiger partial charge in [0.2, 0.25) is 10.0 Å². The number of sulfonamides is 1. The minimum absolute atomic E-state index is 0.623. The molecule has 0 saturated heterocycles. The second kappa shape index (κ2) is 2.83. The third-order valence-electron chi connectivity index (χ3n) is 0.982. The van der Waals surface area contributed by atoms with Gasteiger partial charge in [-0.25, -0.2) is 12.7 Å². The first kappa shape index (κ1) is 9.16. The summed E-state index contributed by atoms with van der Waals surface area (Å²) in [6, 6.07) is 0. The summed E-state index contributed by atoms with van der Waals surface area (Å²) in [5.41, 5.74) is 0. The van der Waals surface area contributed by atoms with Crippen LogP contribution in [0.2, 0.25) is 0 Å². The molecule has 0 saturated carbocycles. The SMILES string of the molecule is C=CC(=O)N(C)S(C)(=O)=O. The maximum atomic E-state index is 10.6. The molecule has 5 heteroatoms. The number of rotatable bonds is 2. The van der Waals surface area contributed by atoms with Crippen LogP contribution < -0.4 is 0 Å². The highest BCUT2D eigenvalue weighted by Crippen LogP contribution is 1.93. The predicted octanol–water partition coefficient (Wildman–Crippen LogP) is -0.410. The third kappa shape index (κ3) is 2.18. The van der Waals surface area contributed by atoms with E-state index in [-0.39, 0.29) is 0 Å². The number of amides is 1. The van der Waals surface area contributed by atoms with Gasteiger partial charge in [0.1, 0.15) is 0 Å². The fourth-order valence-corrected chi connectivity index (χ4v) is 0.693. The molecule has 0 heterocycles. The highest BCUT2D eigenvalue weighted by Gasteiger charge is 2.13. The van der Waals surface area contributed by atoms with E-state index in [0.29, 0.717) is 4.31 Å². The standard InChI is InChI=1S/C5H9NO3S/c1-4-5(7)6(2)10(3,8)9/h4H,1H2,2-3H3. The van der Waals surface area contributed by atoms with Gasteiger partial charge in [-0.15, -0.1) is 0 Å². The van der Waals surface area contributed by atoms with Crippen LogP contribution in [0.15, 0.2) is 12.7 Å². The quantitative estimate of drug-likeness (QED) is 0.520. The molecule has 0 aliphatic carbocycles. The molecule has 4 nitrogen and oxygen atoms in total. The van der Waals surface area contributed by atoms with E-state index in [0.717, 1.165) is 12.3 Å². The number of nitrogens with zero attached hydrogens (tertiary/aromatic N) is 1. The first-order valence-electron chi connectivity index (χ1n) is 2.50. The van der Waals surface area contributed by atoms with Crippen LogP contribution in [0, 0.1) is 0 Å². The molecule has 0 aliphatic heterocycles. The topological polar surface area (TPSA) is 54.5 Å². The van der Waals surface area contributed by atoms with Crippen LogP contribution in [-0.4, -0.2) is 31.9 Å². The van der Waals surface area contributed by atoms with Gasteiger partial charge in [0.05, 0.1) is 6.26 Å². The highest BCUT2D eigenvalue weighted by molar-refractivity contribution is 7.88. The Labute approximate surface area is 60.2 Å². The summed E-state index contributed by atoms with van der Waals surface area (Å²) in [5, 5.41) is 0. The second-order valence-corrected chi connectivity index (χ2v) is 3.79. The van der Waals surface area contributed by atoms with E-state index in [1.165, 1.54) is 7.05 Å². The third-order valence-corrected chi connectivity index (χ3v) is 2.16. The molecule has 0 aromatic heterocycles. The van der Waals surface area contributed by atoms with Crippen molar-refractivity contribution in [3.05, 3.63) is 12.7 Å². The van der Waals surface area contributed by atoms with Crippen LogP contribution in [0.3, 0.4) is 0 Å². The first-order valence-corrected chi connectivity index (χ1v) is 4.34. The predicted molar refractivity (Wildman–Crippen MR) is 37.8 cm³/mol. The molecule has 0 atom stereocenters. The molecule has 0 bridgehead atoms. The van der Waals surface area contributed by atoms with Crippen LogP contribution in [0.1, 0.15) is 0 Å². The van der Waals surface area contributed by atoms with Crippen molar-refractivity contribution < 1.29 is 13.2 Å². The maximum Gasteiger partial charge on any atom is 0.259 e. The van der Waals surface area contributed by atoms with E-state index in [4.69, 9.17) is 0 Å². The van der Waals surface area contributed by atoms with Gasteiger partial charge < -0.3 is 0 Å². The molecule has 0 radical (unpaired) electrons. The lowest BCUT2D eigenvalue weighted by molar-refractivity contribution is -0.120. The van der Waals surface area contributed by atoms with E-state index >= 15 is 0 Å². The Hall–Kier alpha value is -0.840. The van der Waals surface area contributed by atoms with E-state index in [1.54, 1.807) is 0 Å². The number of carbonyl (C=O) groups excluding carboxylic acids is 1. The molecule has 0 aliphatic rings. The van der Waals surface area contributed by atoms with Gasteiger partial charge in [0, 0.05) is 7.05 Å². The average molecular weight is 163 g/mol. The summed E-state index contributed by atoms with van der Waals surface area (Å²) >= 11 is 0. The monoisotopic (exact) mass is 163 g/mol. The van der Waals surface area contributed by atoms with Crippen molar-refractivity contribution in [1.82, 2.24) is 4.31 Å². The molecule has 0 aromatic rings. The molecule has 10 heavy (non-hydrogen) atoms. The molecule has 0 spiro atoms. The van der Waals surface area contributed by atoms with Crippen molar-refractivity contribution in [2.24, 2.45) is 0 Å². The zero-order valence-corrected chi connectivity index (χ0v) is 6.68. The van der Waals surface area contributed by atoms with Crippen molar-refractivity contribution in [2.45, 2.75) is 0 Å². The van der Waals surface area contributed by atoms with Crippen LogP contribution >= 0.6 is 0 Å². The van der Waals surface area contributed by atoms with Crippen LogP contribution in [0.5, 0.6) is 0 Å². The summed E-state index contributed by atoms with van der Waals surface area (Å²) in [4.78, 5) is 10.6. The Bertz CT molecular complexity index is 242. The van der Waals surface area contributed by atoms with E-state index in [2.05, 4.69) is 6.58 Å². The van der Waals surface area contributed by atoms with Crippen molar-refractivity contribution in [1.29, 1.82) is 0 Å². The molecular formula is C5H9NO3S. The minimum Gasteiger partial charge on any atom is -0.269 e. The Balaban J connectivity index is 4.54. The second-order valence-electron chi connectivity index (χ2n) is 1.77. The molecular weight excluding hydrogens is 154 g/mol. The lowest BCUT2D eigenvalue weighted by Crippen LogP contribution is -2.30. The van der Waals surface area contributed by atoms with Gasteiger partial charge in [0.15, 0.2) is 0 Å². The summed E-state index contributed by atoms with van der Waals surface area (Å²) in [6.45, 7) is 3.14. The molecule has 0 aromatic carbocycles. The number of likely N-dealkylation sites (N-methyl/N-ethyl adjacent to an activating group) is 1. The van der Waals surface area contributed by atoms with Gasteiger partial charge in [-0.2, -0.15) is 0 Å². The van der Waals surface area contributed by atoms with Gasteiger partial charge in [0.25, 0.3) is 5.91 Å². The molecule has 0 unspecified atom stereocenters. The maximum absolute atomic E-state index is 10.6. The molecule has 0 fully saturated rings. The fourth-order valence-electron chi connectivity index (χ4n) is 0.292. The summed E-state index contributed by atoms with van der Waals surface area (Å²) < 4.78 is 21.8. The molecule has 0 rings (SSSR count). The van der Waals surface area contributed by atoms with Crippen LogP contribution in [0.4, 0.5) is 0 Å². The zero-order valence-electron chi connectivity index (χ0n) is 5.86. The van der Waals surface area contributed by atoms with E-state index in [1.807, 2.05) is 0 Å². The largest absolute Gasteiger partial charge is 0.269 e. The molecule has 58 valence electrons. The van der Waals surface area contributed by atoms with E-state index in [9.17, 15) is 13.2 Å². The summed E-state index contributed by atoms with van der Waals surface area (Å²) in [7, 11) is -2.22. The lowest BCUT2D eigenvalue weighted by Gasteiger charge is -2.10. The lowest BCUT2D eigenvalue weighted by atomic mass is 10.6. The van der Waals surface area contributed by atoms with Crippen molar-refractivity contribution in [3.63, 3.8) is 0 Å². The number of carbonyl (C=O) groups is 1. The smallest absolute Gasteiger partial charge is 0.259 e. The fraction of sp³-hybridized carbons (Fsp3) is 0.400. The van der Waals surface area contributed by atoms with Crippen molar-refractivity contribution in [2.75, 3.05) is 13.3 Å². The first-order chi connectivity index (χ1) is 4.39. The Morgan fingerprint density at radius 2 is 2.00 bits per heavy atom. The minimum atomic E-state index is -3.40. The summed E-state index contributed by atoms with van der Waals surface area (Å²) in [6.07, 6.45) is 1.90. The van der Waals surface area contributed by atoms with Gasteiger partial charge in [-0.3, -0.25) is 4.79 Å². The highest BCUT2D eigenvalue weighted by atomic mass is 32.2.